The van der Waals surface area contributed by atoms with Gasteiger partial charge in [-0.25, -0.2) is 4.98 Å². The minimum atomic E-state index is -0.310. The third-order valence-electron chi connectivity index (χ3n) is 5.33. The second-order valence-electron chi connectivity index (χ2n) is 7.56. The monoisotopic (exact) mass is 489 g/mol. The zero-order chi connectivity index (χ0) is 23.1. The molecule has 0 unspecified atom stereocenters. The minimum Gasteiger partial charge on any atom is -0.467 e. The molecule has 6 rings (SSSR count). The van der Waals surface area contributed by atoms with E-state index in [1.165, 1.54) is 11.8 Å². The van der Waals surface area contributed by atoms with Crippen LogP contribution >= 0.6 is 23.4 Å². The van der Waals surface area contributed by atoms with E-state index in [4.69, 9.17) is 20.4 Å². The zero-order valence-electron chi connectivity index (χ0n) is 17.6. The molecule has 0 amide bonds. The normalized spacial score (nSPS) is 11.6. The molecule has 34 heavy (non-hydrogen) atoms. The molecule has 0 aliphatic rings. The van der Waals surface area contributed by atoms with Gasteiger partial charge in [-0.2, -0.15) is 0 Å². The average molecular weight is 490 g/mol. The Hall–Kier alpha value is -3.82. The smallest absolute Gasteiger partial charge is 0.294 e. The molecule has 0 saturated carbocycles. The summed E-state index contributed by atoms with van der Waals surface area (Å²) in [4.78, 5) is 20.1. The zero-order valence-corrected chi connectivity index (χ0v) is 19.1. The molecule has 0 aliphatic carbocycles. The number of nitrogens with zero attached hydrogens (tertiary/aromatic N) is 4. The number of para-hydroxylation sites is 1. The average Bonchev–Trinajstić information content (AvgIpc) is 3.58. The van der Waals surface area contributed by atoms with Crippen LogP contribution in [-0.4, -0.2) is 24.7 Å². The molecule has 4 aromatic heterocycles. The molecule has 0 fully saturated rings. The van der Waals surface area contributed by atoms with Gasteiger partial charge in [0.15, 0.2) is 11.0 Å². The van der Waals surface area contributed by atoms with E-state index in [9.17, 15) is 4.79 Å². The quantitative estimate of drug-likeness (QED) is 0.307. The van der Waals surface area contributed by atoms with E-state index in [2.05, 4.69) is 20.2 Å². The lowest BCUT2D eigenvalue weighted by molar-refractivity contribution is 0.485. The summed E-state index contributed by atoms with van der Waals surface area (Å²) in [5.41, 5.74) is 1.98. The van der Waals surface area contributed by atoms with Gasteiger partial charge < -0.3 is 13.8 Å². The molecule has 0 saturated heterocycles. The van der Waals surface area contributed by atoms with Gasteiger partial charge in [-0.3, -0.25) is 9.36 Å². The number of halogens is 1. The highest BCUT2D eigenvalue weighted by Crippen LogP contribution is 2.29. The molecular formula is C24H16ClN5O3S. The predicted molar refractivity (Wildman–Crippen MR) is 130 cm³/mol. The molecule has 0 atom stereocenters. The van der Waals surface area contributed by atoms with Gasteiger partial charge in [0, 0.05) is 16.0 Å². The summed E-state index contributed by atoms with van der Waals surface area (Å²) in [7, 11) is 0. The van der Waals surface area contributed by atoms with Gasteiger partial charge in [-0.15, -0.1) is 10.2 Å². The number of nitrogens with one attached hydrogen (secondary N) is 1. The van der Waals surface area contributed by atoms with Crippen molar-refractivity contribution in [3.63, 3.8) is 0 Å². The molecule has 10 heteroatoms. The number of benzene rings is 2. The number of hydrogen-bond acceptors (Lipinski definition) is 7. The Morgan fingerprint density at radius 1 is 1.03 bits per heavy atom. The summed E-state index contributed by atoms with van der Waals surface area (Å²) < 4.78 is 13.2. The second-order valence-corrected chi connectivity index (χ2v) is 8.93. The van der Waals surface area contributed by atoms with Crippen molar-refractivity contribution in [2.24, 2.45) is 0 Å². The Bertz CT molecular complexity index is 1670. The van der Waals surface area contributed by atoms with Crippen molar-refractivity contribution < 1.29 is 8.83 Å². The number of thioether (sulfide) groups is 1. The van der Waals surface area contributed by atoms with E-state index in [0.717, 1.165) is 16.7 Å². The highest BCUT2D eigenvalue weighted by Gasteiger charge is 2.18. The number of aromatic nitrogens is 5. The van der Waals surface area contributed by atoms with Gasteiger partial charge in [-0.1, -0.05) is 35.5 Å². The Morgan fingerprint density at radius 2 is 1.88 bits per heavy atom. The molecular weight excluding hydrogens is 474 g/mol. The van der Waals surface area contributed by atoms with Gasteiger partial charge in [0.05, 0.1) is 18.6 Å². The number of rotatable bonds is 6. The van der Waals surface area contributed by atoms with Crippen molar-refractivity contribution in [2.45, 2.75) is 17.5 Å². The maximum absolute atomic E-state index is 12.6. The molecule has 0 radical (unpaired) electrons. The van der Waals surface area contributed by atoms with Crippen molar-refractivity contribution in [3.8, 4) is 11.4 Å². The van der Waals surface area contributed by atoms with Crippen LogP contribution in [0.1, 0.15) is 11.6 Å². The highest BCUT2D eigenvalue weighted by molar-refractivity contribution is 7.98. The Kier molecular flexibility index (Phi) is 5.20. The summed E-state index contributed by atoms with van der Waals surface area (Å²) in [6, 6.07) is 18.6. The largest absolute Gasteiger partial charge is 0.467 e. The molecule has 168 valence electrons. The number of hydrogen-bond donors (Lipinski definition) is 1. The van der Waals surface area contributed by atoms with E-state index >= 15 is 0 Å². The maximum Gasteiger partial charge on any atom is 0.294 e. The third-order valence-corrected chi connectivity index (χ3v) is 6.56. The van der Waals surface area contributed by atoms with Gasteiger partial charge in [-0.05, 0) is 48.5 Å². The van der Waals surface area contributed by atoms with Gasteiger partial charge in [0.25, 0.3) is 5.56 Å². The van der Waals surface area contributed by atoms with Crippen LogP contribution in [0.25, 0.3) is 33.5 Å². The fourth-order valence-electron chi connectivity index (χ4n) is 3.76. The van der Waals surface area contributed by atoms with Gasteiger partial charge in [0.1, 0.15) is 22.7 Å². The molecule has 0 aliphatic heterocycles. The number of aromatic amines is 1. The van der Waals surface area contributed by atoms with Crippen molar-refractivity contribution >= 4 is 45.4 Å². The molecule has 6 aromatic rings. The Labute approximate surface area is 201 Å². The summed E-state index contributed by atoms with van der Waals surface area (Å²) in [6.07, 6.45) is 1.63. The molecule has 0 bridgehead atoms. The number of H-pyrrole nitrogens is 1. The summed E-state index contributed by atoms with van der Waals surface area (Å²) in [6.45, 7) is 0.454. The summed E-state index contributed by atoms with van der Waals surface area (Å²) >= 11 is 7.48. The lowest BCUT2D eigenvalue weighted by Gasteiger charge is -2.09. The molecule has 2 aromatic carbocycles. The predicted octanol–water partition coefficient (Wildman–Crippen LogP) is 5.51. The lowest BCUT2D eigenvalue weighted by atomic mass is 10.2. The first kappa shape index (κ1) is 20.8. The minimum absolute atomic E-state index is 0.223. The molecule has 8 nitrogen and oxygen atoms in total. The van der Waals surface area contributed by atoms with Crippen molar-refractivity contribution in [2.75, 3.05) is 0 Å². The van der Waals surface area contributed by atoms with Crippen LogP contribution in [0.15, 0.2) is 85.7 Å². The first-order valence-corrected chi connectivity index (χ1v) is 11.8. The van der Waals surface area contributed by atoms with Crippen molar-refractivity contribution in [3.05, 3.63) is 93.9 Å². The topological polar surface area (TPSA) is 103 Å². The maximum atomic E-state index is 12.6. The number of furan rings is 2. The Balaban J connectivity index is 1.35. The van der Waals surface area contributed by atoms with Crippen LogP contribution < -0.4 is 5.56 Å². The van der Waals surface area contributed by atoms with Crippen LogP contribution in [0.2, 0.25) is 5.02 Å². The van der Waals surface area contributed by atoms with E-state index < -0.39 is 0 Å². The summed E-state index contributed by atoms with van der Waals surface area (Å²) in [5, 5.41) is 10.9. The van der Waals surface area contributed by atoms with Crippen LogP contribution in [-0.2, 0) is 12.3 Å². The van der Waals surface area contributed by atoms with Crippen LogP contribution in [0, 0.1) is 0 Å². The van der Waals surface area contributed by atoms with Crippen LogP contribution in [0.5, 0.6) is 0 Å². The molecule has 0 spiro atoms. The number of fused-ring (bicyclic) bond motifs is 3. The van der Waals surface area contributed by atoms with E-state index in [1.54, 1.807) is 6.26 Å². The van der Waals surface area contributed by atoms with Crippen LogP contribution in [0.4, 0.5) is 0 Å². The third kappa shape index (κ3) is 3.78. The lowest BCUT2D eigenvalue weighted by Crippen LogP contribution is -2.10. The van der Waals surface area contributed by atoms with Gasteiger partial charge in [0.2, 0.25) is 5.58 Å². The van der Waals surface area contributed by atoms with Crippen LogP contribution in [0.3, 0.4) is 0 Å². The summed E-state index contributed by atoms with van der Waals surface area (Å²) in [5.74, 6) is 2.37. The molecule has 4 heterocycles. The first-order chi connectivity index (χ1) is 16.7. The van der Waals surface area contributed by atoms with Crippen molar-refractivity contribution in [1.82, 2.24) is 24.7 Å². The van der Waals surface area contributed by atoms with Gasteiger partial charge >= 0.3 is 0 Å². The fourth-order valence-corrected chi connectivity index (χ4v) is 4.69. The van der Waals surface area contributed by atoms with Crippen molar-refractivity contribution in [1.29, 1.82) is 0 Å². The molecule has 1 N–H and O–H groups in total. The standard InChI is InChI=1S/C24H16ClN5O3S/c25-15-9-7-14(8-10-15)22-28-29-24(30(22)12-16-4-3-11-32-16)34-13-19-26-20-17-5-1-2-6-18(17)33-21(20)23(31)27-19/h1-11H,12-13H2,(H,26,27,31). The van der Waals surface area contributed by atoms with E-state index in [1.807, 2.05) is 65.2 Å². The Morgan fingerprint density at radius 3 is 2.71 bits per heavy atom. The second kappa shape index (κ2) is 8.51. The fraction of sp³-hybridized carbons (Fsp3) is 0.0833. The SMILES string of the molecule is O=c1[nH]c(CSc2nnc(-c3ccc(Cl)cc3)n2Cc2ccco2)nc2c1oc1ccccc12. The van der Waals surface area contributed by atoms with E-state index in [0.29, 0.717) is 45.2 Å². The van der Waals surface area contributed by atoms with E-state index in [-0.39, 0.29) is 11.1 Å². The first-order valence-electron chi connectivity index (χ1n) is 10.4. The highest BCUT2D eigenvalue weighted by atomic mass is 35.5.